The number of halogens is 1. The number of benzene rings is 2. The Labute approximate surface area is 164 Å². The summed E-state index contributed by atoms with van der Waals surface area (Å²) < 4.78 is 8.17. The zero-order valence-electron chi connectivity index (χ0n) is 14.6. The molecular formula is C19H18BrN5O2. The largest absolute Gasteiger partial charge is 0.490 e. The minimum Gasteiger partial charge on any atom is -0.490 e. The number of aryl methyl sites for hydroxylation is 1. The normalized spacial score (nSPS) is 12.4. The van der Waals surface area contributed by atoms with Crippen LogP contribution in [-0.4, -0.2) is 44.1 Å². The van der Waals surface area contributed by atoms with Crippen LogP contribution >= 0.6 is 15.9 Å². The number of aliphatic hydroxyl groups is 1. The molecule has 27 heavy (non-hydrogen) atoms. The molecule has 1 unspecified atom stereocenters. The van der Waals surface area contributed by atoms with E-state index in [4.69, 9.17) is 4.74 Å². The van der Waals surface area contributed by atoms with E-state index in [1.54, 1.807) is 4.68 Å². The number of ether oxygens (including phenoxy) is 1. The standard InChI is InChI=1S/C19H18BrN5O2/c1-25-19-16(17(20)24-25)18(22-11-23-19)21-9-13(26)10-27-15-8-4-6-12-5-2-3-7-14(12)15/h2-8,11,13,26H,9-10H2,1H3,(H,21,22,23). The van der Waals surface area contributed by atoms with Crippen LogP contribution in [0.3, 0.4) is 0 Å². The Balaban J connectivity index is 1.42. The molecule has 0 saturated carbocycles. The second-order valence-corrected chi connectivity index (χ2v) is 6.91. The van der Waals surface area contributed by atoms with E-state index in [1.807, 2.05) is 49.5 Å². The van der Waals surface area contributed by atoms with E-state index >= 15 is 0 Å². The van der Waals surface area contributed by atoms with E-state index in [9.17, 15) is 5.11 Å². The molecule has 7 nitrogen and oxygen atoms in total. The molecule has 4 aromatic rings. The topological polar surface area (TPSA) is 85.1 Å². The van der Waals surface area contributed by atoms with Gasteiger partial charge < -0.3 is 15.2 Å². The van der Waals surface area contributed by atoms with Gasteiger partial charge in [-0.05, 0) is 27.4 Å². The molecule has 4 rings (SSSR count). The van der Waals surface area contributed by atoms with E-state index in [-0.39, 0.29) is 13.2 Å². The highest BCUT2D eigenvalue weighted by atomic mass is 79.9. The van der Waals surface area contributed by atoms with E-state index in [0.29, 0.717) is 16.1 Å². The number of fused-ring (bicyclic) bond motifs is 2. The van der Waals surface area contributed by atoms with Crippen molar-refractivity contribution in [3.05, 3.63) is 53.4 Å². The highest BCUT2D eigenvalue weighted by molar-refractivity contribution is 9.10. The first-order chi connectivity index (χ1) is 13.1. The molecule has 1 atom stereocenters. The van der Waals surface area contributed by atoms with Crippen molar-refractivity contribution in [2.24, 2.45) is 7.05 Å². The second kappa shape index (κ2) is 7.50. The lowest BCUT2D eigenvalue weighted by Gasteiger charge is -2.15. The number of aliphatic hydroxyl groups excluding tert-OH is 1. The van der Waals surface area contributed by atoms with Gasteiger partial charge in [0, 0.05) is 19.0 Å². The molecule has 0 amide bonds. The van der Waals surface area contributed by atoms with Crippen molar-refractivity contribution in [3.63, 3.8) is 0 Å². The zero-order chi connectivity index (χ0) is 18.8. The summed E-state index contributed by atoms with van der Waals surface area (Å²) in [7, 11) is 1.82. The van der Waals surface area contributed by atoms with Gasteiger partial charge in [0.1, 0.15) is 35.2 Å². The molecule has 2 heterocycles. The number of aromatic nitrogens is 4. The third kappa shape index (κ3) is 3.58. The van der Waals surface area contributed by atoms with Gasteiger partial charge in [-0.3, -0.25) is 0 Å². The van der Waals surface area contributed by atoms with Crippen LogP contribution < -0.4 is 10.1 Å². The van der Waals surface area contributed by atoms with Crippen molar-refractivity contribution in [2.45, 2.75) is 6.10 Å². The van der Waals surface area contributed by atoms with Crippen LogP contribution in [0.2, 0.25) is 0 Å². The van der Waals surface area contributed by atoms with E-state index < -0.39 is 6.10 Å². The minimum atomic E-state index is -0.704. The maximum Gasteiger partial charge on any atom is 0.164 e. The fourth-order valence-corrected chi connectivity index (χ4v) is 3.56. The minimum absolute atomic E-state index is 0.170. The van der Waals surface area contributed by atoms with Gasteiger partial charge in [0.05, 0.1) is 5.39 Å². The van der Waals surface area contributed by atoms with Gasteiger partial charge in [-0.1, -0.05) is 36.4 Å². The molecule has 2 aromatic heterocycles. The zero-order valence-corrected chi connectivity index (χ0v) is 16.2. The van der Waals surface area contributed by atoms with Crippen LogP contribution in [-0.2, 0) is 7.05 Å². The average Bonchev–Trinajstić information content (AvgIpc) is 2.99. The van der Waals surface area contributed by atoms with Gasteiger partial charge in [0.25, 0.3) is 0 Å². The Morgan fingerprint density at radius 3 is 2.89 bits per heavy atom. The van der Waals surface area contributed by atoms with Crippen LogP contribution in [0.25, 0.3) is 21.8 Å². The molecule has 8 heteroatoms. The van der Waals surface area contributed by atoms with E-state index in [2.05, 4.69) is 36.3 Å². The van der Waals surface area contributed by atoms with Crippen molar-refractivity contribution in [1.82, 2.24) is 19.7 Å². The van der Waals surface area contributed by atoms with Crippen molar-refractivity contribution in [2.75, 3.05) is 18.5 Å². The average molecular weight is 428 g/mol. The quantitative estimate of drug-likeness (QED) is 0.491. The fourth-order valence-electron chi connectivity index (χ4n) is 2.96. The summed E-state index contributed by atoms with van der Waals surface area (Å²) in [5.41, 5.74) is 0.709. The Morgan fingerprint density at radius 2 is 2.00 bits per heavy atom. The van der Waals surface area contributed by atoms with Gasteiger partial charge in [0.15, 0.2) is 5.65 Å². The molecule has 0 radical (unpaired) electrons. The number of rotatable bonds is 6. The molecule has 138 valence electrons. The summed E-state index contributed by atoms with van der Waals surface area (Å²) in [4.78, 5) is 8.48. The van der Waals surface area contributed by atoms with Gasteiger partial charge in [0.2, 0.25) is 0 Å². The Hall–Kier alpha value is -2.71. The number of nitrogens with one attached hydrogen (secondary N) is 1. The number of anilines is 1. The number of hydrogen-bond acceptors (Lipinski definition) is 6. The van der Waals surface area contributed by atoms with Crippen LogP contribution in [0.5, 0.6) is 5.75 Å². The summed E-state index contributed by atoms with van der Waals surface area (Å²) in [5, 5.41) is 20.7. The molecule has 2 N–H and O–H groups in total. The predicted octanol–water partition coefficient (Wildman–Crippen LogP) is 3.13. The number of nitrogens with zero attached hydrogens (tertiary/aromatic N) is 4. The van der Waals surface area contributed by atoms with Gasteiger partial charge in [-0.15, -0.1) is 0 Å². The summed E-state index contributed by atoms with van der Waals surface area (Å²) >= 11 is 3.42. The lowest BCUT2D eigenvalue weighted by molar-refractivity contribution is 0.118. The third-order valence-electron chi connectivity index (χ3n) is 4.26. The molecule has 0 aliphatic carbocycles. The van der Waals surface area contributed by atoms with Crippen molar-refractivity contribution >= 4 is 43.6 Å². The van der Waals surface area contributed by atoms with E-state index in [0.717, 1.165) is 21.9 Å². The Morgan fingerprint density at radius 1 is 1.19 bits per heavy atom. The smallest absolute Gasteiger partial charge is 0.164 e. The van der Waals surface area contributed by atoms with Crippen molar-refractivity contribution in [1.29, 1.82) is 0 Å². The Kier molecular flexibility index (Phi) is 4.91. The highest BCUT2D eigenvalue weighted by Gasteiger charge is 2.14. The van der Waals surface area contributed by atoms with Crippen LogP contribution in [0.4, 0.5) is 5.82 Å². The SMILES string of the molecule is Cn1nc(Br)c2c(NCC(O)COc3cccc4ccccc34)ncnc21. The molecule has 2 aromatic carbocycles. The van der Waals surface area contributed by atoms with Crippen molar-refractivity contribution < 1.29 is 9.84 Å². The molecule has 0 aliphatic rings. The summed E-state index contributed by atoms with van der Waals surface area (Å²) in [5.74, 6) is 1.37. The van der Waals surface area contributed by atoms with Crippen LogP contribution in [0.1, 0.15) is 0 Å². The van der Waals surface area contributed by atoms with Crippen LogP contribution in [0.15, 0.2) is 53.4 Å². The summed E-state index contributed by atoms with van der Waals surface area (Å²) in [6, 6.07) is 13.9. The molecular weight excluding hydrogens is 410 g/mol. The predicted molar refractivity (Wildman–Crippen MR) is 108 cm³/mol. The first kappa shape index (κ1) is 17.7. The molecule has 0 aliphatic heterocycles. The first-order valence-corrected chi connectivity index (χ1v) is 9.28. The first-order valence-electron chi connectivity index (χ1n) is 8.49. The lowest BCUT2D eigenvalue weighted by atomic mass is 10.1. The molecule has 0 saturated heterocycles. The highest BCUT2D eigenvalue weighted by Crippen LogP contribution is 2.27. The van der Waals surface area contributed by atoms with E-state index in [1.165, 1.54) is 6.33 Å². The monoisotopic (exact) mass is 427 g/mol. The maximum absolute atomic E-state index is 10.3. The summed E-state index contributed by atoms with van der Waals surface area (Å²) in [6.07, 6.45) is 0.766. The summed E-state index contributed by atoms with van der Waals surface area (Å²) in [6.45, 7) is 0.460. The third-order valence-corrected chi connectivity index (χ3v) is 4.82. The second-order valence-electron chi connectivity index (χ2n) is 6.16. The maximum atomic E-state index is 10.3. The molecule has 0 spiro atoms. The van der Waals surface area contributed by atoms with Crippen molar-refractivity contribution in [3.8, 4) is 5.75 Å². The lowest BCUT2D eigenvalue weighted by Crippen LogP contribution is -2.26. The fraction of sp³-hybridized carbons (Fsp3) is 0.211. The van der Waals surface area contributed by atoms with Gasteiger partial charge >= 0.3 is 0 Å². The van der Waals surface area contributed by atoms with Crippen LogP contribution in [0, 0.1) is 0 Å². The van der Waals surface area contributed by atoms with Gasteiger partial charge in [-0.2, -0.15) is 5.10 Å². The molecule has 0 fully saturated rings. The molecule has 0 bridgehead atoms. The van der Waals surface area contributed by atoms with Gasteiger partial charge in [-0.25, -0.2) is 14.6 Å². The number of hydrogen-bond donors (Lipinski definition) is 2. The Bertz CT molecular complexity index is 1090.